The van der Waals surface area contributed by atoms with Crippen LogP contribution in [-0.4, -0.2) is 33.4 Å². The van der Waals surface area contributed by atoms with Crippen molar-refractivity contribution < 1.29 is 14.7 Å². The lowest BCUT2D eigenvalue weighted by Gasteiger charge is -2.04. The maximum Gasteiger partial charge on any atom is 0.296 e. The van der Waals surface area contributed by atoms with Crippen molar-refractivity contribution in [2.24, 2.45) is 7.05 Å². The van der Waals surface area contributed by atoms with E-state index < -0.39 is 17.6 Å². The van der Waals surface area contributed by atoms with Crippen LogP contribution in [0.1, 0.15) is 5.56 Å². The molecule has 2 aromatic rings. The SMILES string of the molecule is CN1C(=O)C(O)=C(c2cn(C)c3ccccc23)C1=O. The average molecular weight is 256 g/mol. The molecule has 3 rings (SSSR count). The first-order valence-electron chi connectivity index (χ1n) is 5.82. The van der Waals surface area contributed by atoms with E-state index >= 15 is 0 Å². The zero-order valence-electron chi connectivity index (χ0n) is 10.5. The lowest BCUT2D eigenvalue weighted by atomic mass is 10.0. The quantitative estimate of drug-likeness (QED) is 0.785. The number of hydrogen-bond donors (Lipinski definition) is 1. The first-order chi connectivity index (χ1) is 9.02. The average Bonchev–Trinajstić information content (AvgIpc) is 2.83. The predicted octanol–water partition coefficient (Wildman–Crippen LogP) is 1.45. The second kappa shape index (κ2) is 3.71. The van der Waals surface area contributed by atoms with Crippen LogP contribution in [0.3, 0.4) is 0 Å². The maximum atomic E-state index is 12.1. The smallest absolute Gasteiger partial charge is 0.296 e. The Kier molecular flexibility index (Phi) is 2.25. The lowest BCUT2D eigenvalue weighted by molar-refractivity contribution is -0.136. The number of carbonyl (C=O) groups is 2. The second-order valence-corrected chi connectivity index (χ2v) is 4.56. The van der Waals surface area contributed by atoms with Gasteiger partial charge >= 0.3 is 0 Å². The van der Waals surface area contributed by atoms with Crippen LogP contribution in [0.4, 0.5) is 0 Å². The number of amides is 2. The molecule has 1 aromatic carbocycles. The number of nitrogens with zero attached hydrogens (tertiary/aromatic N) is 2. The molecule has 0 saturated heterocycles. The second-order valence-electron chi connectivity index (χ2n) is 4.56. The van der Waals surface area contributed by atoms with Gasteiger partial charge in [-0.2, -0.15) is 0 Å². The molecule has 0 fully saturated rings. The summed E-state index contributed by atoms with van der Waals surface area (Å²) < 4.78 is 1.86. The Hall–Kier alpha value is -2.56. The third kappa shape index (κ3) is 1.41. The summed E-state index contributed by atoms with van der Waals surface area (Å²) in [6.45, 7) is 0. The molecule has 0 saturated carbocycles. The van der Waals surface area contributed by atoms with Gasteiger partial charge in [0.15, 0.2) is 5.76 Å². The first-order valence-corrected chi connectivity index (χ1v) is 5.82. The first kappa shape index (κ1) is 11.5. The lowest BCUT2D eigenvalue weighted by Crippen LogP contribution is -2.26. The molecule has 2 amide bonds. The largest absolute Gasteiger partial charge is 0.502 e. The minimum atomic E-state index is -0.659. The molecule has 1 aromatic heterocycles. The van der Waals surface area contributed by atoms with Crippen molar-refractivity contribution >= 4 is 28.3 Å². The van der Waals surface area contributed by atoms with Crippen LogP contribution >= 0.6 is 0 Å². The predicted molar refractivity (Wildman–Crippen MR) is 70.2 cm³/mol. The zero-order chi connectivity index (χ0) is 13.7. The Morgan fingerprint density at radius 3 is 2.37 bits per heavy atom. The number of aryl methyl sites for hydroxylation is 1. The van der Waals surface area contributed by atoms with Gasteiger partial charge in [0.1, 0.15) is 0 Å². The number of fused-ring (bicyclic) bond motifs is 1. The van der Waals surface area contributed by atoms with Crippen molar-refractivity contribution in [3.63, 3.8) is 0 Å². The van der Waals surface area contributed by atoms with Gasteiger partial charge in [-0.25, -0.2) is 0 Å². The topological polar surface area (TPSA) is 62.5 Å². The number of rotatable bonds is 1. The molecule has 96 valence electrons. The summed E-state index contributed by atoms with van der Waals surface area (Å²) in [4.78, 5) is 24.6. The van der Waals surface area contributed by atoms with Crippen molar-refractivity contribution in [1.82, 2.24) is 9.47 Å². The molecule has 0 bridgehead atoms. The van der Waals surface area contributed by atoms with Crippen LogP contribution in [0.25, 0.3) is 16.5 Å². The number of carbonyl (C=O) groups excluding carboxylic acids is 2. The molecule has 0 radical (unpaired) electrons. The van der Waals surface area contributed by atoms with Gasteiger partial charge in [0.05, 0.1) is 5.57 Å². The maximum absolute atomic E-state index is 12.1. The van der Waals surface area contributed by atoms with Crippen LogP contribution in [-0.2, 0) is 16.6 Å². The fourth-order valence-corrected chi connectivity index (χ4v) is 2.41. The van der Waals surface area contributed by atoms with Crippen LogP contribution in [0, 0.1) is 0 Å². The number of aromatic nitrogens is 1. The molecule has 0 spiro atoms. The molecule has 0 aliphatic carbocycles. The van der Waals surface area contributed by atoms with Gasteiger partial charge in [-0.1, -0.05) is 18.2 Å². The van der Waals surface area contributed by atoms with Crippen LogP contribution in [0.2, 0.25) is 0 Å². The highest BCUT2D eigenvalue weighted by Crippen LogP contribution is 2.32. The van der Waals surface area contributed by atoms with E-state index in [0.717, 1.165) is 15.8 Å². The minimum absolute atomic E-state index is 0.0734. The highest BCUT2D eigenvalue weighted by atomic mass is 16.3. The van der Waals surface area contributed by atoms with Crippen LogP contribution in [0.5, 0.6) is 0 Å². The molecule has 0 atom stereocenters. The molecular formula is C14H12N2O3. The highest BCUT2D eigenvalue weighted by molar-refractivity contribution is 6.36. The summed E-state index contributed by atoms with van der Waals surface area (Å²) in [5.74, 6) is -1.62. The van der Waals surface area contributed by atoms with Gasteiger partial charge in [-0.3, -0.25) is 14.5 Å². The summed E-state index contributed by atoms with van der Waals surface area (Å²) in [5.41, 5.74) is 1.59. The number of para-hydroxylation sites is 1. The molecule has 5 nitrogen and oxygen atoms in total. The van der Waals surface area contributed by atoms with Gasteiger partial charge in [0.2, 0.25) is 0 Å². The molecule has 19 heavy (non-hydrogen) atoms. The monoisotopic (exact) mass is 256 g/mol. The summed E-state index contributed by atoms with van der Waals surface area (Å²) in [6.07, 6.45) is 1.75. The standard InChI is InChI=1S/C14H12N2O3/c1-15-7-9(8-5-3-4-6-10(8)15)11-12(17)14(19)16(2)13(11)18/h3-7,17H,1-2H3. The Bertz CT molecular complexity index is 755. The number of likely N-dealkylation sites (N-methyl/N-ethyl adjacent to an activating group) is 1. The Morgan fingerprint density at radius 2 is 1.74 bits per heavy atom. The number of imide groups is 1. The van der Waals surface area contributed by atoms with Crippen molar-refractivity contribution in [1.29, 1.82) is 0 Å². The number of benzene rings is 1. The highest BCUT2D eigenvalue weighted by Gasteiger charge is 2.37. The van der Waals surface area contributed by atoms with Gasteiger partial charge in [-0.05, 0) is 6.07 Å². The Morgan fingerprint density at radius 1 is 1.05 bits per heavy atom. The van der Waals surface area contributed by atoms with E-state index in [1.807, 2.05) is 35.9 Å². The van der Waals surface area contributed by atoms with E-state index in [9.17, 15) is 14.7 Å². The fraction of sp³-hybridized carbons (Fsp3) is 0.143. The van der Waals surface area contributed by atoms with Crippen molar-refractivity contribution in [3.05, 3.63) is 41.8 Å². The van der Waals surface area contributed by atoms with Gasteiger partial charge < -0.3 is 9.67 Å². The van der Waals surface area contributed by atoms with E-state index in [0.29, 0.717) is 5.56 Å². The van der Waals surface area contributed by atoms with E-state index in [1.165, 1.54) is 7.05 Å². The summed E-state index contributed by atoms with van der Waals surface area (Å²) in [6, 6.07) is 7.53. The molecule has 2 heterocycles. The van der Waals surface area contributed by atoms with Gasteiger partial charge in [0, 0.05) is 36.8 Å². The fourth-order valence-electron chi connectivity index (χ4n) is 2.41. The summed E-state index contributed by atoms with van der Waals surface area (Å²) in [7, 11) is 3.22. The zero-order valence-corrected chi connectivity index (χ0v) is 10.5. The normalized spacial score (nSPS) is 16.0. The third-order valence-corrected chi connectivity index (χ3v) is 3.43. The van der Waals surface area contributed by atoms with Crippen LogP contribution < -0.4 is 0 Å². The van der Waals surface area contributed by atoms with Crippen LogP contribution in [0.15, 0.2) is 36.2 Å². The van der Waals surface area contributed by atoms with E-state index in [2.05, 4.69) is 0 Å². The molecule has 1 N–H and O–H groups in total. The molecule has 0 unspecified atom stereocenters. The van der Waals surface area contributed by atoms with Gasteiger partial charge in [-0.15, -0.1) is 0 Å². The van der Waals surface area contributed by atoms with Crippen molar-refractivity contribution in [2.45, 2.75) is 0 Å². The van der Waals surface area contributed by atoms with Crippen molar-refractivity contribution in [2.75, 3.05) is 7.05 Å². The Labute approximate surface area is 109 Å². The molecule has 5 heteroatoms. The minimum Gasteiger partial charge on any atom is -0.502 e. The molecule has 1 aliphatic rings. The van der Waals surface area contributed by atoms with Crippen molar-refractivity contribution in [3.8, 4) is 0 Å². The Balaban J connectivity index is 2.32. The number of aliphatic hydroxyl groups excluding tert-OH is 1. The molecule has 1 aliphatic heterocycles. The van der Waals surface area contributed by atoms with Gasteiger partial charge in [0.25, 0.3) is 11.8 Å². The summed E-state index contributed by atoms with van der Waals surface area (Å²) in [5, 5.41) is 10.7. The number of aliphatic hydroxyl groups is 1. The molecular weight excluding hydrogens is 244 g/mol. The van der Waals surface area contributed by atoms with E-state index in [1.54, 1.807) is 6.20 Å². The van der Waals surface area contributed by atoms with E-state index in [-0.39, 0.29) is 5.57 Å². The number of hydrogen-bond acceptors (Lipinski definition) is 3. The third-order valence-electron chi connectivity index (χ3n) is 3.43. The van der Waals surface area contributed by atoms with E-state index in [4.69, 9.17) is 0 Å². The summed E-state index contributed by atoms with van der Waals surface area (Å²) >= 11 is 0.